The quantitative estimate of drug-likeness (QED) is 0.637. The van der Waals surface area contributed by atoms with Crippen molar-refractivity contribution in [3.8, 4) is 0 Å². The van der Waals surface area contributed by atoms with Crippen LogP contribution >= 0.6 is 12.2 Å². The van der Waals surface area contributed by atoms with Gasteiger partial charge in [-0.25, -0.2) is 0 Å². The van der Waals surface area contributed by atoms with Gasteiger partial charge in [0.2, 0.25) is 0 Å². The first-order chi connectivity index (χ1) is 14.7. The Bertz CT molecular complexity index is 1040. The second kappa shape index (κ2) is 5.86. The zero-order valence-electron chi connectivity index (χ0n) is 17.3. The Kier molecular flexibility index (Phi) is 3.47. The SMILES string of the molecule is S=C1CC[C@@]23CCO[C@@]24N1CC[C@]41c2ccccc2N(Cc2ccccc2)[C@@H]1CC3. The molecular formula is C26H28N2OS. The van der Waals surface area contributed by atoms with Gasteiger partial charge in [-0.15, -0.1) is 0 Å². The van der Waals surface area contributed by atoms with Crippen LogP contribution in [0.15, 0.2) is 54.6 Å². The topological polar surface area (TPSA) is 15.7 Å². The fraction of sp³-hybridized carbons (Fsp3) is 0.500. The van der Waals surface area contributed by atoms with Crippen LogP contribution in [0.4, 0.5) is 5.69 Å². The standard InChI is InChI=1S/C26H28N2OS/c30-23-11-13-24-12-10-22-25(14-16-28(23)26(24,25)29-17-15-24)20-8-4-5-9-21(20)27(22)18-19-6-2-1-3-7-19/h1-9,22H,10-18H2/t22-,24+,25-,26+/m1/s1. The van der Waals surface area contributed by atoms with E-state index in [0.717, 1.165) is 37.5 Å². The van der Waals surface area contributed by atoms with Gasteiger partial charge < -0.3 is 14.5 Å². The fourth-order valence-corrected chi connectivity index (χ4v) is 8.57. The van der Waals surface area contributed by atoms with Gasteiger partial charge >= 0.3 is 0 Å². The summed E-state index contributed by atoms with van der Waals surface area (Å²) in [5.41, 5.74) is 4.38. The first-order valence-electron chi connectivity index (χ1n) is 11.6. The molecule has 1 saturated carbocycles. The Morgan fingerprint density at radius 2 is 1.80 bits per heavy atom. The van der Waals surface area contributed by atoms with Crippen molar-refractivity contribution in [1.82, 2.24) is 4.90 Å². The lowest BCUT2D eigenvalue weighted by Gasteiger charge is -2.63. The van der Waals surface area contributed by atoms with E-state index in [1.165, 1.54) is 42.5 Å². The predicted octanol–water partition coefficient (Wildman–Crippen LogP) is 5.04. The highest BCUT2D eigenvalue weighted by atomic mass is 32.1. The van der Waals surface area contributed by atoms with Crippen LogP contribution < -0.4 is 4.90 Å². The maximum atomic E-state index is 6.97. The van der Waals surface area contributed by atoms with E-state index in [9.17, 15) is 0 Å². The minimum atomic E-state index is -0.236. The van der Waals surface area contributed by atoms with E-state index in [1.807, 2.05) is 0 Å². The van der Waals surface area contributed by atoms with E-state index in [-0.39, 0.29) is 16.6 Å². The highest BCUT2D eigenvalue weighted by Crippen LogP contribution is 2.73. The van der Waals surface area contributed by atoms with Crippen LogP contribution in [-0.2, 0) is 16.7 Å². The van der Waals surface area contributed by atoms with E-state index in [4.69, 9.17) is 17.0 Å². The molecule has 0 unspecified atom stereocenters. The molecule has 30 heavy (non-hydrogen) atoms. The lowest BCUT2D eigenvalue weighted by molar-refractivity contribution is -0.202. The molecule has 0 bridgehead atoms. The van der Waals surface area contributed by atoms with Crippen LogP contribution in [0.1, 0.15) is 49.7 Å². The molecule has 4 fully saturated rings. The summed E-state index contributed by atoms with van der Waals surface area (Å²) in [4.78, 5) is 6.42. The average Bonchev–Trinajstić information content (AvgIpc) is 3.42. The summed E-state index contributed by atoms with van der Waals surface area (Å²) < 4.78 is 6.97. The maximum absolute atomic E-state index is 6.97. The summed E-state index contributed by atoms with van der Waals surface area (Å²) in [7, 11) is 0. The summed E-state index contributed by atoms with van der Waals surface area (Å²) in [5, 5.41) is 0. The second-order valence-corrected chi connectivity index (χ2v) is 10.4. The van der Waals surface area contributed by atoms with Gasteiger partial charge in [0.25, 0.3) is 0 Å². The molecule has 5 aliphatic rings. The van der Waals surface area contributed by atoms with Gasteiger partial charge in [-0.05, 0) is 55.7 Å². The molecule has 0 radical (unpaired) electrons. The fourth-order valence-electron chi connectivity index (χ4n) is 8.25. The maximum Gasteiger partial charge on any atom is 0.159 e. The summed E-state index contributed by atoms with van der Waals surface area (Å²) in [6.45, 7) is 2.90. The third kappa shape index (κ3) is 1.82. The zero-order valence-corrected chi connectivity index (χ0v) is 18.2. The van der Waals surface area contributed by atoms with Crippen molar-refractivity contribution >= 4 is 22.9 Å². The molecule has 3 saturated heterocycles. The zero-order chi connectivity index (χ0) is 20.0. The molecule has 2 spiro atoms. The van der Waals surface area contributed by atoms with Crippen LogP contribution in [0.5, 0.6) is 0 Å². The van der Waals surface area contributed by atoms with Gasteiger partial charge in [0.1, 0.15) is 0 Å². The van der Waals surface area contributed by atoms with Crippen molar-refractivity contribution in [3.63, 3.8) is 0 Å². The van der Waals surface area contributed by atoms with Gasteiger partial charge in [0.15, 0.2) is 5.72 Å². The number of hydrogen-bond donors (Lipinski definition) is 0. The molecule has 4 atom stereocenters. The number of fused-ring (bicyclic) bond motifs is 1. The van der Waals surface area contributed by atoms with Crippen LogP contribution in [-0.4, -0.2) is 34.8 Å². The van der Waals surface area contributed by atoms with E-state index >= 15 is 0 Å². The lowest BCUT2D eigenvalue weighted by Crippen LogP contribution is -2.73. The number of thiocarbonyl (C=S) groups is 1. The molecule has 4 heterocycles. The molecular weight excluding hydrogens is 388 g/mol. The van der Waals surface area contributed by atoms with E-state index < -0.39 is 0 Å². The van der Waals surface area contributed by atoms with Crippen molar-refractivity contribution < 1.29 is 4.74 Å². The molecule has 3 nitrogen and oxygen atoms in total. The van der Waals surface area contributed by atoms with Crippen LogP contribution in [0.3, 0.4) is 0 Å². The smallest absolute Gasteiger partial charge is 0.159 e. The molecule has 0 N–H and O–H groups in total. The number of anilines is 1. The molecule has 2 aromatic carbocycles. The molecule has 4 aliphatic heterocycles. The van der Waals surface area contributed by atoms with Gasteiger partial charge in [0, 0.05) is 30.2 Å². The van der Waals surface area contributed by atoms with Crippen LogP contribution in [0.25, 0.3) is 0 Å². The van der Waals surface area contributed by atoms with Crippen molar-refractivity contribution in [3.05, 3.63) is 65.7 Å². The monoisotopic (exact) mass is 416 g/mol. The molecule has 0 aromatic heterocycles. The number of hydrogen-bond acceptors (Lipinski definition) is 3. The predicted molar refractivity (Wildman–Crippen MR) is 123 cm³/mol. The molecule has 154 valence electrons. The lowest BCUT2D eigenvalue weighted by atomic mass is 9.50. The Morgan fingerprint density at radius 3 is 2.70 bits per heavy atom. The number of ether oxygens (including phenoxy) is 1. The van der Waals surface area contributed by atoms with Gasteiger partial charge in [0.05, 0.1) is 17.0 Å². The summed E-state index contributed by atoms with van der Waals surface area (Å²) in [6, 6.07) is 20.6. The third-order valence-electron chi connectivity index (χ3n) is 9.17. The summed E-state index contributed by atoms with van der Waals surface area (Å²) in [5.74, 6) is 0. The first-order valence-corrected chi connectivity index (χ1v) is 12.0. The van der Waals surface area contributed by atoms with Crippen molar-refractivity contribution in [2.45, 2.75) is 62.3 Å². The Balaban J connectivity index is 1.45. The van der Waals surface area contributed by atoms with E-state index in [0.29, 0.717) is 6.04 Å². The largest absolute Gasteiger partial charge is 0.363 e. The average molecular weight is 417 g/mol. The van der Waals surface area contributed by atoms with Crippen LogP contribution in [0.2, 0.25) is 0 Å². The molecule has 0 amide bonds. The number of para-hydroxylation sites is 1. The van der Waals surface area contributed by atoms with Crippen molar-refractivity contribution in [2.75, 3.05) is 18.1 Å². The van der Waals surface area contributed by atoms with E-state index in [2.05, 4.69) is 64.4 Å². The summed E-state index contributed by atoms with van der Waals surface area (Å²) >= 11 is 5.96. The molecule has 2 aromatic rings. The highest BCUT2D eigenvalue weighted by Gasteiger charge is 2.80. The third-order valence-corrected chi connectivity index (χ3v) is 9.60. The highest BCUT2D eigenvalue weighted by molar-refractivity contribution is 7.80. The molecule has 1 aliphatic carbocycles. The minimum Gasteiger partial charge on any atom is -0.363 e. The Morgan fingerprint density at radius 1 is 0.967 bits per heavy atom. The second-order valence-electron chi connectivity index (χ2n) is 9.97. The first kappa shape index (κ1) is 17.7. The van der Waals surface area contributed by atoms with Crippen LogP contribution in [0, 0.1) is 5.41 Å². The number of benzene rings is 2. The van der Waals surface area contributed by atoms with Crippen molar-refractivity contribution in [1.29, 1.82) is 0 Å². The van der Waals surface area contributed by atoms with E-state index in [1.54, 1.807) is 0 Å². The van der Waals surface area contributed by atoms with Gasteiger partial charge in [-0.1, -0.05) is 60.7 Å². The number of rotatable bonds is 2. The number of piperidine rings is 1. The van der Waals surface area contributed by atoms with Gasteiger partial charge in [-0.2, -0.15) is 0 Å². The molecule has 7 rings (SSSR count). The molecule has 4 heteroatoms. The summed E-state index contributed by atoms with van der Waals surface area (Å²) in [6.07, 6.45) is 7.14. The normalized spacial score (nSPS) is 38.3. The minimum absolute atomic E-state index is 0.0254. The van der Waals surface area contributed by atoms with Gasteiger partial charge in [-0.3, -0.25) is 0 Å². The van der Waals surface area contributed by atoms with Crippen molar-refractivity contribution in [2.24, 2.45) is 5.41 Å². The number of nitrogens with zero attached hydrogens (tertiary/aromatic N) is 2. The Hall–Kier alpha value is -1.91. The Labute approximate surface area is 184 Å².